The van der Waals surface area contributed by atoms with Crippen LogP contribution in [0.1, 0.15) is 44.3 Å². The number of H-pyrrole nitrogens is 1. The molecule has 0 unspecified atom stereocenters. The molecule has 0 bridgehead atoms. The van der Waals surface area contributed by atoms with E-state index in [1.165, 1.54) is 24.2 Å². The van der Waals surface area contributed by atoms with E-state index in [1.807, 2.05) is 35.7 Å². The van der Waals surface area contributed by atoms with Gasteiger partial charge in [-0.1, -0.05) is 43.2 Å². The summed E-state index contributed by atoms with van der Waals surface area (Å²) in [6.07, 6.45) is 6.54. The number of nitrogens with zero attached hydrogens (tertiary/aromatic N) is 3. The normalized spacial score (nSPS) is 18.7. The maximum atomic E-state index is 12.9. The molecular weight excluding hydrogens is 420 g/mol. The Hall–Kier alpha value is -2.51. The summed E-state index contributed by atoms with van der Waals surface area (Å²) in [5.74, 6) is 1.21. The lowest BCUT2D eigenvalue weighted by atomic mass is 9.95. The number of nitrogens with one attached hydrogen (secondary N) is 1. The second-order valence-electron chi connectivity index (χ2n) is 9.00. The van der Waals surface area contributed by atoms with Crippen molar-refractivity contribution in [1.82, 2.24) is 19.8 Å². The first-order chi connectivity index (χ1) is 15.7. The molecule has 1 amide bonds. The number of likely N-dealkylation sites (tertiary alicyclic amines) is 2. The number of carbonyl (C=O) groups is 1. The molecule has 2 aliphatic rings. The molecule has 2 fully saturated rings. The molecule has 7 heteroatoms. The fraction of sp³-hybridized carbons (Fsp3) is 0.480. The molecule has 2 aliphatic heterocycles. The summed E-state index contributed by atoms with van der Waals surface area (Å²) < 4.78 is 0. The first-order valence-corrected chi connectivity index (χ1v) is 12.6. The number of aromatic amines is 1. The van der Waals surface area contributed by atoms with Gasteiger partial charge < -0.3 is 9.88 Å². The van der Waals surface area contributed by atoms with Crippen LogP contribution in [0.15, 0.2) is 40.5 Å². The fourth-order valence-corrected chi connectivity index (χ4v) is 5.96. The lowest BCUT2D eigenvalue weighted by Gasteiger charge is -2.33. The van der Waals surface area contributed by atoms with Crippen LogP contribution in [0.4, 0.5) is 0 Å². The Labute approximate surface area is 192 Å². The molecule has 0 aliphatic carbocycles. The number of hydrogen-bond acceptors (Lipinski definition) is 5. The van der Waals surface area contributed by atoms with Crippen molar-refractivity contribution in [3.63, 3.8) is 0 Å². The molecule has 0 saturated carbocycles. The van der Waals surface area contributed by atoms with Crippen LogP contribution < -0.4 is 5.56 Å². The van der Waals surface area contributed by atoms with E-state index < -0.39 is 0 Å². The summed E-state index contributed by atoms with van der Waals surface area (Å²) in [6.45, 7) is 4.21. The van der Waals surface area contributed by atoms with Crippen molar-refractivity contribution in [2.45, 2.75) is 45.1 Å². The highest BCUT2D eigenvalue weighted by Crippen LogP contribution is 2.30. The number of hydrogen-bond donors (Lipinski definition) is 1. The molecule has 4 heterocycles. The summed E-state index contributed by atoms with van der Waals surface area (Å²) in [7, 11) is 0. The van der Waals surface area contributed by atoms with E-state index in [-0.39, 0.29) is 11.5 Å². The van der Waals surface area contributed by atoms with Crippen LogP contribution in [0.25, 0.3) is 21.3 Å². The van der Waals surface area contributed by atoms with Gasteiger partial charge in [0.25, 0.3) is 5.56 Å². The number of piperidine rings is 1. The molecule has 5 rings (SSSR count). The lowest BCUT2D eigenvalue weighted by Crippen LogP contribution is -2.43. The minimum atomic E-state index is -0.0728. The van der Waals surface area contributed by atoms with E-state index in [4.69, 9.17) is 4.98 Å². The van der Waals surface area contributed by atoms with Gasteiger partial charge in [0.1, 0.15) is 10.7 Å². The van der Waals surface area contributed by atoms with Crippen LogP contribution in [0.2, 0.25) is 0 Å². The van der Waals surface area contributed by atoms with Crippen molar-refractivity contribution in [2.75, 3.05) is 26.2 Å². The third-order valence-electron chi connectivity index (χ3n) is 6.81. The Bertz CT molecular complexity index is 1120. The van der Waals surface area contributed by atoms with Crippen LogP contribution in [-0.4, -0.2) is 51.9 Å². The molecule has 1 N–H and O–H groups in total. The molecule has 168 valence electrons. The van der Waals surface area contributed by atoms with Gasteiger partial charge in [-0.15, -0.1) is 11.3 Å². The van der Waals surface area contributed by atoms with Gasteiger partial charge in [-0.2, -0.15) is 0 Å². The van der Waals surface area contributed by atoms with Crippen LogP contribution in [0.3, 0.4) is 0 Å². The predicted octanol–water partition coefficient (Wildman–Crippen LogP) is 4.27. The van der Waals surface area contributed by atoms with Gasteiger partial charge in [0.15, 0.2) is 0 Å². The number of aromatic nitrogens is 2. The maximum Gasteiger partial charge on any atom is 0.260 e. The average Bonchev–Trinajstić information content (AvgIpc) is 3.06. The molecule has 32 heavy (non-hydrogen) atoms. The van der Waals surface area contributed by atoms with Gasteiger partial charge in [0.05, 0.1) is 11.9 Å². The predicted molar refractivity (Wildman–Crippen MR) is 129 cm³/mol. The second-order valence-corrected chi connectivity index (χ2v) is 9.86. The maximum absolute atomic E-state index is 12.9. The van der Waals surface area contributed by atoms with Crippen molar-refractivity contribution < 1.29 is 4.79 Å². The molecule has 0 spiro atoms. The molecule has 3 aromatic rings. The number of thiophene rings is 1. The third-order valence-corrected chi connectivity index (χ3v) is 7.68. The van der Waals surface area contributed by atoms with E-state index in [0.29, 0.717) is 23.7 Å². The van der Waals surface area contributed by atoms with Crippen molar-refractivity contribution in [3.8, 4) is 11.1 Å². The second kappa shape index (κ2) is 9.55. The molecule has 0 atom stereocenters. The molecule has 0 radical (unpaired) electrons. The zero-order chi connectivity index (χ0) is 21.9. The van der Waals surface area contributed by atoms with Crippen LogP contribution >= 0.6 is 11.3 Å². The Kier molecular flexibility index (Phi) is 6.37. The SMILES string of the molecule is O=C(C1CCN(Cc2nc3scc(-c4ccccc4)c3c(=O)[nH]2)CC1)N1CCCCCC1. The van der Waals surface area contributed by atoms with Gasteiger partial charge >= 0.3 is 0 Å². The molecule has 2 saturated heterocycles. The number of amides is 1. The fourth-order valence-electron chi connectivity index (χ4n) is 5.00. The van der Waals surface area contributed by atoms with Gasteiger partial charge in [0.2, 0.25) is 5.91 Å². The molecular formula is C25H30N4O2S. The number of rotatable bonds is 4. The van der Waals surface area contributed by atoms with Crippen LogP contribution in [0, 0.1) is 5.92 Å². The molecule has 6 nitrogen and oxygen atoms in total. The summed E-state index contributed by atoms with van der Waals surface area (Å²) >= 11 is 1.52. The van der Waals surface area contributed by atoms with Crippen molar-refractivity contribution in [2.24, 2.45) is 5.92 Å². The minimum Gasteiger partial charge on any atom is -0.342 e. The Morgan fingerprint density at radius 1 is 1.03 bits per heavy atom. The highest BCUT2D eigenvalue weighted by Gasteiger charge is 2.29. The van der Waals surface area contributed by atoms with Crippen molar-refractivity contribution in [1.29, 1.82) is 0 Å². The van der Waals surface area contributed by atoms with E-state index >= 15 is 0 Å². The van der Waals surface area contributed by atoms with Gasteiger partial charge in [-0.05, 0) is 44.3 Å². The topological polar surface area (TPSA) is 69.3 Å². The van der Waals surface area contributed by atoms with Gasteiger partial charge in [-0.3, -0.25) is 14.5 Å². The Morgan fingerprint density at radius 3 is 2.47 bits per heavy atom. The van der Waals surface area contributed by atoms with Crippen LogP contribution in [0.5, 0.6) is 0 Å². The summed E-state index contributed by atoms with van der Waals surface area (Å²) in [5.41, 5.74) is 1.91. The van der Waals surface area contributed by atoms with E-state index in [1.54, 1.807) is 0 Å². The average molecular weight is 451 g/mol. The third kappa shape index (κ3) is 4.50. The number of fused-ring (bicyclic) bond motifs is 1. The van der Waals surface area contributed by atoms with Crippen molar-refractivity contribution in [3.05, 3.63) is 51.9 Å². The van der Waals surface area contributed by atoms with Gasteiger partial charge in [0, 0.05) is 30.0 Å². The molecule has 2 aromatic heterocycles. The van der Waals surface area contributed by atoms with Gasteiger partial charge in [-0.25, -0.2) is 4.98 Å². The zero-order valence-electron chi connectivity index (χ0n) is 18.4. The zero-order valence-corrected chi connectivity index (χ0v) is 19.2. The number of benzene rings is 1. The summed E-state index contributed by atoms with van der Waals surface area (Å²) in [5, 5.41) is 2.69. The van der Waals surface area contributed by atoms with E-state index in [0.717, 1.165) is 67.8 Å². The highest BCUT2D eigenvalue weighted by molar-refractivity contribution is 7.17. The quantitative estimate of drug-likeness (QED) is 0.645. The van der Waals surface area contributed by atoms with E-state index in [2.05, 4.69) is 14.8 Å². The first-order valence-electron chi connectivity index (χ1n) is 11.8. The highest BCUT2D eigenvalue weighted by atomic mass is 32.1. The smallest absolute Gasteiger partial charge is 0.260 e. The minimum absolute atomic E-state index is 0.0728. The standard InChI is InChI=1S/C25H30N4O2S/c30-23-22-20(18-8-4-3-5-9-18)17-32-24(22)27-21(26-23)16-28-14-10-19(11-15-28)25(31)29-12-6-1-2-7-13-29/h3-5,8-9,17,19H,1-2,6-7,10-16H2,(H,26,27,30). The van der Waals surface area contributed by atoms with Crippen LogP contribution in [-0.2, 0) is 11.3 Å². The Balaban J connectivity index is 1.24. The largest absolute Gasteiger partial charge is 0.342 e. The summed E-state index contributed by atoms with van der Waals surface area (Å²) in [4.78, 5) is 38.8. The first kappa shape index (κ1) is 21.3. The Morgan fingerprint density at radius 2 is 1.75 bits per heavy atom. The lowest BCUT2D eigenvalue weighted by molar-refractivity contribution is -0.137. The molecule has 1 aromatic carbocycles. The monoisotopic (exact) mass is 450 g/mol. The van der Waals surface area contributed by atoms with E-state index in [9.17, 15) is 9.59 Å². The number of carbonyl (C=O) groups excluding carboxylic acids is 1. The summed E-state index contributed by atoms with van der Waals surface area (Å²) in [6, 6.07) is 9.98. The van der Waals surface area contributed by atoms with Crippen molar-refractivity contribution >= 4 is 27.5 Å².